The molecule has 5 heteroatoms. The van der Waals surface area contributed by atoms with E-state index in [1.165, 1.54) is 0 Å². The molecule has 1 aromatic carbocycles. The van der Waals surface area contributed by atoms with Crippen molar-refractivity contribution in [1.29, 1.82) is 0 Å². The predicted octanol–water partition coefficient (Wildman–Crippen LogP) is 3.36. The van der Waals surface area contributed by atoms with E-state index in [2.05, 4.69) is 29.8 Å². The minimum atomic E-state index is -0.765. The number of carboxylic acid groups (broad SMARTS) is 1. The van der Waals surface area contributed by atoms with Gasteiger partial charge in [0.2, 0.25) is 0 Å². The third-order valence-electron chi connectivity index (χ3n) is 3.95. The van der Waals surface area contributed by atoms with Gasteiger partial charge in [0, 0.05) is 5.41 Å². The van der Waals surface area contributed by atoms with Gasteiger partial charge in [0.05, 0.1) is 23.1 Å². The summed E-state index contributed by atoms with van der Waals surface area (Å²) < 4.78 is 12.4. The summed E-state index contributed by atoms with van der Waals surface area (Å²) >= 11 is 3.48. The molecule has 1 N–H and O–H groups in total. The molecule has 1 saturated carbocycles. The number of fused-ring (bicyclic) bond motifs is 1. The molecule has 0 radical (unpaired) electrons. The van der Waals surface area contributed by atoms with E-state index < -0.39 is 11.4 Å². The fourth-order valence-corrected chi connectivity index (χ4v) is 2.98. The quantitative estimate of drug-likeness (QED) is 0.896. The Labute approximate surface area is 126 Å². The van der Waals surface area contributed by atoms with Crippen molar-refractivity contribution >= 4 is 21.9 Å². The summed E-state index contributed by atoms with van der Waals surface area (Å²) in [6.45, 7) is 5.28. The van der Waals surface area contributed by atoms with Crippen molar-refractivity contribution in [3.05, 3.63) is 22.2 Å². The van der Waals surface area contributed by atoms with Crippen LogP contribution >= 0.6 is 15.9 Å². The molecule has 0 amide bonds. The van der Waals surface area contributed by atoms with Crippen molar-refractivity contribution < 1.29 is 19.4 Å². The summed E-state index contributed by atoms with van der Waals surface area (Å²) in [5, 5.41) is 9.40. The Hall–Kier alpha value is -1.23. The molecule has 4 nitrogen and oxygen atoms in total. The number of hydrogen-bond acceptors (Lipinski definition) is 3. The van der Waals surface area contributed by atoms with Gasteiger partial charge in [0.15, 0.2) is 11.5 Å². The number of hydrogen-bond donors (Lipinski definition) is 1. The second kappa shape index (κ2) is 4.38. The number of halogens is 1. The highest BCUT2D eigenvalue weighted by molar-refractivity contribution is 9.10. The molecule has 0 saturated heterocycles. The average Bonchev–Trinajstić information content (AvgIpc) is 3.15. The van der Waals surface area contributed by atoms with E-state index in [0.29, 0.717) is 37.6 Å². The Bertz CT molecular complexity index is 575. The Kier molecular flexibility index (Phi) is 3.01. The van der Waals surface area contributed by atoms with Gasteiger partial charge < -0.3 is 14.6 Å². The van der Waals surface area contributed by atoms with Crippen LogP contribution in [0, 0.1) is 5.41 Å². The molecule has 20 heavy (non-hydrogen) atoms. The first-order chi connectivity index (χ1) is 9.34. The van der Waals surface area contributed by atoms with E-state index in [0.717, 1.165) is 10.0 Å². The van der Waals surface area contributed by atoms with Crippen molar-refractivity contribution in [2.45, 2.75) is 32.1 Å². The lowest BCUT2D eigenvalue weighted by molar-refractivity contribution is -0.140. The molecule has 1 aromatic rings. The van der Waals surface area contributed by atoms with Gasteiger partial charge in [-0.3, -0.25) is 4.79 Å². The first kappa shape index (κ1) is 13.7. The molecular weight excluding hydrogens is 324 g/mol. The van der Waals surface area contributed by atoms with Crippen LogP contribution in [0.5, 0.6) is 11.5 Å². The number of aliphatic carboxylic acids is 1. The van der Waals surface area contributed by atoms with Crippen LogP contribution in [-0.2, 0) is 10.2 Å². The highest BCUT2D eigenvalue weighted by Crippen LogP contribution is 2.52. The van der Waals surface area contributed by atoms with Crippen LogP contribution in [0.25, 0.3) is 0 Å². The standard InChI is InChI=1S/C15H17BrO4/c1-14(2)7-19-11-6-9(15(3-4-15)13(17)18)5-10(16)12(11)20-8-14/h5-6H,3-4,7-8H2,1-2H3,(H,17,18). The lowest BCUT2D eigenvalue weighted by atomic mass is 9.96. The monoisotopic (exact) mass is 340 g/mol. The van der Waals surface area contributed by atoms with Crippen molar-refractivity contribution in [3.63, 3.8) is 0 Å². The van der Waals surface area contributed by atoms with Crippen LogP contribution in [0.4, 0.5) is 0 Å². The minimum Gasteiger partial charge on any atom is -0.489 e. The zero-order valence-electron chi connectivity index (χ0n) is 11.5. The molecule has 0 bridgehead atoms. The lowest BCUT2D eigenvalue weighted by Crippen LogP contribution is -2.26. The zero-order valence-corrected chi connectivity index (χ0v) is 13.1. The summed E-state index contributed by atoms with van der Waals surface area (Å²) in [7, 11) is 0. The Morgan fingerprint density at radius 1 is 1.25 bits per heavy atom. The van der Waals surface area contributed by atoms with Gasteiger partial charge in [-0.15, -0.1) is 0 Å². The number of ether oxygens (including phenoxy) is 2. The largest absolute Gasteiger partial charge is 0.489 e. The maximum Gasteiger partial charge on any atom is 0.314 e. The second-order valence-electron chi connectivity index (χ2n) is 6.41. The third kappa shape index (κ3) is 2.18. The van der Waals surface area contributed by atoms with Gasteiger partial charge in [-0.2, -0.15) is 0 Å². The van der Waals surface area contributed by atoms with Gasteiger partial charge in [0.1, 0.15) is 0 Å². The average molecular weight is 341 g/mol. The Morgan fingerprint density at radius 2 is 1.90 bits per heavy atom. The maximum atomic E-state index is 11.4. The number of carbonyl (C=O) groups is 1. The molecule has 2 aliphatic rings. The fourth-order valence-electron chi connectivity index (χ4n) is 2.43. The summed E-state index contributed by atoms with van der Waals surface area (Å²) in [5.74, 6) is 0.534. The van der Waals surface area contributed by atoms with Gasteiger partial charge >= 0.3 is 5.97 Å². The van der Waals surface area contributed by atoms with Crippen LogP contribution in [0.2, 0.25) is 0 Å². The van der Waals surface area contributed by atoms with Crippen LogP contribution < -0.4 is 9.47 Å². The summed E-state index contributed by atoms with van der Waals surface area (Å²) in [4.78, 5) is 11.4. The Morgan fingerprint density at radius 3 is 2.50 bits per heavy atom. The molecule has 0 unspecified atom stereocenters. The molecule has 3 rings (SSSR count). The number of carboxylic acids is 1. The number of rotatable bonds is 2. The summed E-state index contributed by atoms with van der Waals surface area (Å²) in [5.41, 5.74) is -0.00950. The molecule has 1 heterocycles. The molecule has 1 fully saturated rings. The topological polar surface area (TPSA) is 55.8 Å². The molecule has 1 aliphatic heterocycles. The lowest BCUT2D eigenvalue weighted by Gasteiger charge is -2.19. The van der Waals surface area contributed by atoms with Crippen LogP contribution in [0.3, 0.4) is 0 Å². The van der Waals surface area contributed by atoms with Gasteiger partial charge in [0.25, 0.3) is 0 Å². The minimum absolute atomic E-state index is 0.0668. The first-order valence-corrected chi connectivity index (χ1v) is 7.46. The third-order valence-corrected chi connectivity index (χ3v) is 4.54. The van der Waals surface area contributed by atoms with Crippen molar-refractivity contribution in [3.8, 4) is 11.5 Å². The predicted molar refractivity (Wildman–Crippen MR) is 77.5 cm³/mol. The van der Waals surface area contributed by atoms with E-state index in [1.54, 1.807) is 0 Å². The second-order valence-corrected chi connectivity index (χ2v) is 7.27. The molecule has 1 aliphatic carbocycles. The first-order valence-electron chi connectivity index (χ1n) is 6.67. The molecule has 0 atom stereocenters. The summed E-state index contributed by atoms with van der Waals surface area (Å²) in [6.07, 6.45) is 1.36. The van der Waals surface area contributed by atoms with Gasteiger partial charge in [-0.25, -0.2) is 0 Å². The number of benzene rings is 1. The van der Waals surface area contributed by atoms with E-state index in [1.807, 2.05) is 12.1 Å². The Balaban J connectivity index is 2.02. The van der Waals surface area contributed by atoms with Crippen LogP contribution in [0.1, 0.15) is 32.3 Å². The fraction of sp³-hybridized carbons (Fsp3) is 0.533. The summed E-state index contributed by atoms with van der Waals surface area (Å²) in [6, 6.07) is 3.67. The van der Waals surface area contributed by atoms with Crippen LogP contribution in [0.15, 0.2) is 16.6 Å². The van der Waals surface area contributed by atoms with Crippen molar-refractivity contribution in [2.75, 3.05) is 13.2 Å². The van der Waals surface area contributed by atoms with E-state index in [-0.39, 0.29) is 5.41 Å². The molecule has 0 aromatic heterocycles. The smallest absolute Gasteiger partial charge is 0.314 e. The van der Waals surface area contributed by atoms with Crippen molar-refractivity contribution in [1.82, 2.24) is 0 Å². The molecular formula is C15H17BrO4. The van der Waals surface area contributed by atoms with E-state index >= 15 is 0 Å². The van der Waals surface area contributed by atoms with Gasteiger partial charge in [-0.1, -0.05) is 13.8 Å². The molecule has 0 spiro atoms. The van der Waals surface area contributed by atoms with Crippen LogP contribution in [-0.4, -0.2) is 24.3 Å². The van der Waals surface area contributed by atoms with E-state index in [9.17, 15) is 9.90 Å². The van der Waals surface area contributed by atoms with E-state index in [4.69, 9.17) is 9.47 Å². The van der Waals surface area contributed by atoms with Crippen molar-refractivity contribution in [2.24, 2.45) is 5.41 Å². The zero-order chi connectivity index (χ0) is 14.5. The maximum absolute atomic E-state index is 11.4. The highest BCUT2D eigenvalue weighted by Gasteiger charge is 2.52. The van der Waals surface area contributed by atoms with Gasteiger partial charge in [-0.05, 0) is 46.5 Å². The molecule has 108 valence electrons. The SMILES string of the molecule is CC1(C)COc2cc(C3(C(=O)O)CC3)cc(Br)c2OC1. The highest BCUT2D eigenvalue weighted by atomic mass is 79.9. The normalized spacial score (nSPS) is 21.9.